The molecule has 4 rings (SSSR count). The van der Waals surface area contributed by atoms with Crippen molar-refractivity contribution < 1.29 is 8.42 Å². The van der Waals surface area contributed by atoms with Crippen molar-refractivity contribution >= 4 is 21.7 Å². The lowest BCUT2D eigenvalue weighted by atomic mass is 10.0. The predicted molar refractivity (Wildman–Crippen MR) is 109 cm³/mol. The van der Waals surface area contributed by atoms with E-state index in [1.54, 1.807) is 30.5 Å². The highest BCUT2D eigenvalue weighted by molar-refractivity contribution is 7.92. The van der Waals surface area contributed by atoms with Gasteiger partial charge in [0.25, 0.3) is 0 Å². The van der Waals surface area contributed by atoms with Crippen LogP contribution in [0.1, 0.15) is 0 Å². The van der Waals surface area contributed by atoms with Crippen LogP contribution in [0.25, 0.3) is 22.3 Å². The standard InChI is InChI=1S/C22H18N2O2S/c1-24(14-4-13-23)18-10-7-16(8-11-18)17-9-12-20-19-5-2-3-6-21(19)27(25,26)22(20)15-17/h2-15,23H,1H3/b14-4-,23-13?. The lowest BCUT2D eigenvalue weighted by Gasteiger charge is -2.14. The number of hydrogen-bond acceptors (Lipinski definition) is 4. The van der Waals surface area contributed by atoms with E-state index in [0.29, 0.717) is 9.79 Å². The number of allylic oxidation sites excluding steroid dienone is 1. The lowest BCUT2D eigenvalue weighted by molar-refractivity contribution is 0.598. The predicted octanol–water partition coefficient (Wildman–Crippen LogP) is 4.77. The van der Waals surface area contributed by atoms with Gasteiger partial charge in [-0.25, -0.2) is 8.42 Å². The molecule has 0 aliphatic carbocycles. The first-order valence-electron chi connectivity index (χ1n) is 8.51. The molecule has 0 radical (unpaired) electrons. The van der Waals surface area contributed by atoms with Gasteiger partial charge in [-0.3, -0.25) is 0 Å². The molecule has 5 heteroatoms. The third-order valence-corrected chi connectivity index (χ3v) is 6.60. The van der Waals surface area contributed by atoms with Crippen molar-refractivity contribution in [3.05, 3.63) is 79.0 Å². The highest BCUT2D eigenvalue weighted by Gasteiger charge is 2.32. The van der Waals surface area contributed by atoms with E-state index in [0.717, 1.165) is 27.9 Å². The second kappa shape index (κ2) is 6.52. The Balaban J connectivity index is 1.73. The van der Waals surface area contributed by atoms with Gasteiger partial charge in [0, 0.05) is 36.3 Å². The molecule has 0 amide bonds. The average molecular weight is 374 g/mol. The fraction of sp³-hybridized carbons (Fsp3) is 0.0455. The molecule has 4 nitrogen and oxygen atoms in total. The van der Waals surface area contributed by atoms with E-state index < -0.39 is 9.84 Å². The zero-order valence-corrected chi connectivity index (χ0v) is 15.6. The van der Waals surface area contributed by atoms with Crippen molar-refractivity contribution in [3.63, 3.8) is 0 Å². The SMILES string of the molecule is CN(/C=C\C=N)c1ccc(-c2ccc3c(c2)S(=O)(=O)c2ccccc2-3)cc1. The zero-order chi connectivity index (χ0) is 19.0. The topological polar surface area (TPSA) is 61.2 Å². The van der Waals surface area contributed by atoms with Crippen molar-refractivity contribution in [2.24, 2.45) is 0 Å². The van der Waals surface area contributed by atoms with Gasteiger partial charge in [-0.2, -0.15) is 0 Å². The maximum absolute atomic E-state index is 12.9. The Morgan fingerprint density at radius 3 is 2.26 bits per heavy atom. The Morgan fingerprint density at radius 2 is 1.52 bits per heavy atom. The summed E-state index contributed by atoms with van der Waals surface area (Å²) in [6.07, 6.45) is 4.69. The van der Waals surface area contributed by atoms with Gasteiger partial charge in [-0.15, -0.1) is 0 Å². The van der Waals surface area contributed by atoms with E-state index in [1.807, 2.05) is 60.5 Å². The lowest BCUT2D eigenvalue weighted by Crippen LogP contribution is -2.07. The molecule has 0 fully saturated rings. The molecule has 0 atom stereocenters. The van der Waals surface area contributed by atoms with Crippen molar-refractivity contribution in [2.75, 3.05) is 11.9 Å². The molecular weight excluding hydrogens is 356 g/mol. The van der Waals surface area contributed by atoms with Gasteiger partial charge in [0.05, 0.1) is 9.79 Å². The minimum atomic E-state index is -3.47. The fourth-order valence-corrected chi connectivity index (χ4v) is 5.05. The van der Waals surface area contributed by atoms with Crippen LogP contribution in [-0.2, 0) is 9.84 Å². The van der Waals surface area contributed by atoms with E-state index in [9.17, 15) is 8.42 Å². The van der Waals surface area contributed by atoms with E-state index in [4.69, 9.17) is 5.41 Å². The van der Waals surface area contributed by atoms with E-state index in [-0.39, 0.29) is 0 Å². The summed E-state index contributed by atoms with van der Waals surface area (Å²) < 4.78 is 25.7. The first-order chi connectivity index (χ1) is 13.0. The number of hydrogen-bond donors (Lipinski definition) is 1. The number of anilines is 1. The largest absolute Gasteiger partial charge is 0.351 e. The van der Waals surface area contributed by atoms with Crippen LogP contribution >= 0.6 is 0 Å². The van der Waals surface area contributed by atoms with E-state index in [1.165, 1.54) is 6.21 Å². The van der Waals surface area contributed by atoms with Gasteiger partial charge in [0.2, 0.25) is 9.84 Å². The van der Waals surface area contributed by atoms with Crippen molar-refractivity contribution in [1.29, 1.82) is 5.41 Å². The third-order valence-electron chi connectivity index (χ3n) is 4.75. The minimum Gasteiger partial charge on any atom is -0.351 e. The maximum Gasteiger partial charge on any atom is 0.207 e. The van der Waals surface area contributed by atoms with Gasteiger partial charge in [-0.05, 0) is 41.5 Å². The first-order valence-corrected chi connectivity index (χ1v) is 10.00. The van der Waals surface area contributed by atoms with Crippen molar-refractivity contribution in [1.82, 2.24) is 0 Å². The molecule has 0 spiro atoms. The summed E-state index contributed by atoms with van der Waals surface area (Å²) in [5.41, 5.74) is 4.35. The second-order valence-corrected chi connectivity index (χ2v) is 8.26. The number of rotatable bonds is 4. The van der Waals surface area contributed by atoms with Gasteiger partial charge in [0.15, 0.2) is 0 Å². The molecule has 3 aromatic rings. The molecule has 134 valence electrons. The van der Waals surface area contributed by atoms with Crippen LogP contribution in [0.2, 0.25) is 0 Å². The average Bonchev–Trinajstić information content (AvgIpc) is 2.93. The number of nitrogens with zero attached hydrogens (tertiary/aromatic N) is 1. The molecule has 0 saturated heterocycles. The summed E-state index contributed by atoms with van der Waals surface area (Å²) in [5, 5.41) is 7.06. The molecular formula is C22H18N2O2S. The number of nitrogens with one attached hydrogen (secondary N) is 1. The molecule has 1 aliphatic heterocycles. The van der Waals surface area contributed by atoms with Crippen LogP contribution in [-0.4, -0.2) is 21.7 Å². The maximum atomic E-state index is 12.9. The molecule has 0 unspecified atom stereocenters. The first kappa shape index (κ1) is 17.2. The summed E-state index contributed by atoms with van der Waals surface area (Å²) in [6, 6.07) is 20.6. The molecule has 0 bridgehead atoms. The zero-order valence-electron chi connectivity index (χ0n) is 14.8. The Kier molecular flexibility index (Phi) is 4.16. The van der Waals surface area contributed by atoms with Gasteiger partial charge in [-0.1, -0.05) is 42.5 Å². The summed E-state index contributed by atoms with van der Waals surface area (Å²) in [6.45, 7) is 0. The Labute approximate surface area is 158 Å². The molecule has 0 aromatic heterocycles. The van der Waals surface area contributed by atoms with Crippen LogP contribution in [0.15, 0.2) is 88.8 Å². The number of fused-ring (bicyclic) bond motifs is 3. The van der Waals surface area contributed by atoms with Crippen LogP contribution < -0.4 is 4.90 Å². The van der Waals surface area contributed by atoms with Gasteiger partial charge < -0.3 is 10.3 Å². The van der Waals surface area contributed by atoms with Gasteiger partial charge >= 0.3 is 0 Å². The number of sulfone groups is 1. The molecule has 1 N–H and O–H groups in total. The smallest absolute Gasteiger partial charge is 0.207 e. The van der Waals surface area contributed by atoms with Crippen LogP contribution in [0.3, 0.4) is 0 Å². The summed E-state index contributed by atoms with van der Waals surface area (Å²) in [5.74, 6) is 0. The summed E-state index contributed by atoms with van der Waals surface area (Å²) >= 11 is 0. The van der Waals surface area contributed by atoms with Crippen molar-refractivity contribution in [2.45, 2.75) is 9.79 Å². The fourth-order valence-electron chi connectivity index (χ4n) is 3.34. The Bertz CT molecular complexity index is 1160. The molecule has 0 saturated carbocycles. The van der Waals surface area contributed by atoms with Crippen LogP contribution in [0.5, 0.6) is 0 Å². The normalized spacial score (nSPS) is 14.0. The van der Waals surface area contributed by atoms with Crippen LogP contribution in [0, 0.1) is 5.41 Å². The molecule has 3 aromatic carbocycles. The Morgan fingerprint density at radius 1 is 0.852 bits per heavy atom. The van der Waals surface area contributed by atoms with E-state index >= 15 is 0 Å². The highest BCUT2D eigenvalue weighted by Crippen LogP contribution is 2.44. The monoisotopic (exact) mass is 374 g/mol. The molecule has 27 heavy (non-hydrogen) atoms. The Hall–Kier alpha value is -3.18. The van der Waals surface area contributed by atoms with Crippen molar-refractivity contribution in [3.8, 4) is 22.3 Å². The number of benzene rings is 3. The second-order valence-electron chi connectivity index (χ2n) is 6.38. The summed E-state index contributed by atoms with van der Waals surface area (Å²) in [4.78, 5) is 2.67. The highest BCUT2D eigenvalue weighted by atomic mass is 32.2. The van der Waals surface area contributed by atoms with E-state index in [2.05, 4.69) is 0 Å². The summed E-state index contributed by atoms with van der Waals surface area (Å²) in [7, 11) is -1.55. The van der Waals surface area contributed by atoms with Gasteiger partial charge in [0.1, 0.15) is 0 Å². The third kappa shape index (κ3) is 2.86. The quantitative estimate of drug-likeness (QED) is 0.524. The molecule has 1 heterocycles. The van der Waals surface area contributed by atoms with Crippen LogP contribution in [0.4, 0.5) is 5.69 Å². The molecule has 1 aliphatic rings. The minimum absolute atomic E-state index is 0.372.